The van der Waals surface area contributed by atoms with E-state index in [9.17, 15) is 26.4 Å². The summed E-state index contributed by atoms with van der Waals surface area (Å²) in [4.78, 5) is 16.9. The summed E-state index contributed by atoms with van der Waals surface area (Å²) >= 11 is 3.30. The number of piperazine rings is 1. The Morgan fingerprint density at radius 2 is 1.53 bits per heavy atom. The standard InChI is InChI=1S/C23H25BrF3N3O3S/c24-19-4-6-21(7-5-19)34(32,33)30-10-8-17(9-11-30)22(31)29-14-12-28(13-15-29)20-3-1-2-18(16-20)23(25,26)27/h1-7,16-17H,8-15H2. The molecule has 6 nitrogen and oxygen atoms in total. The van der Waals surface area contributed by atoms with Crippen molar-refractivity contribution in [2.24, 2.45) is 5.92 Å². The van der Waals surface area contributed by atoms with E-state index in [4.69, 9.17) is 0 Å². The van der Waals surface area contributed by atoms with Gasteiger partial charge in [0.25, 0.3) is 0 Å². The molecule has 2 fully saturated rings. The van der Waals surface area contributed by atoms with Crippen molar-refractivity contribution in [1.29, 1.82) is 0 Å². The van der Waals surface area contributed by atoms with E-state index in [1.807, 2.05) is 4.90 Å². The monoisotopic (exact) mass is 559 g/mol. The molecule has 0 unspecified atom stereocenters. The van der Waals surface area contributed by atoms with Crippen molar-refractivity contribution in [1.82, 2.24) is 9.21 Å². The zero-order valence-corrected chi connectivity index (χ0v) is 20.7. The maximum Gasteiger partial charge on any atom is 0.416 e. The van der Waals surface area contributed by atoms with E-state index in [-0.39, 0.29) is 29.8 Å². The quantitative estimate of drug-likeness (QED) is 0.562. The zero-order valence-electron chi connectivity index (χ0n) is 18.3. The van der Waals surface area contributed by atoms with Crippen LogP contribution in [0.25, 0.3) is 0 Å². The van der Waals surface area contributed by atoms with Crippen molar-refractivity contribution in [2.45, 2.75) is 23.9 Å². The smallest absolute Gasteiger partial charge is 0.368 e. The Hall–Kier alpha value is -2.11. The third-order valence-corrected chi connectivity index (χ3v) is 8.83. The highest BCUT2D eigenvalue weighted by Gasteiger charge is 2.35. The summed E-state index contributed by atoms with van der Waals surface area (Å²) in [5.41, 5.74) is -0.193. The Morgan fingerprint density at radius 3 is 2.12 bits per heavy atom. The minimum absolute atomic E-state index is 0.00983. The van der Waals surface area contributed by atoms with Crippen LogP contribution in [0.4, 0.5) is 18.9 Å². The van der Waals surface area contributed by atoms with Gasteiger partial charge in [0, 0.05) is 55.3 Å². The molecule has 0 saturated carbocycles. The second-order valence-corrected chi connectivity index (χ2v) is 11.3. The molecule has 2 aromatic rings. The molecule has 2 aliphatic rings. The van der Waals surface area contributed by atoms with Crippen LogP contribution in [-0.4, -0.2) is 62.8 Å². The van der Waals surface area contributed by atoms with E-state index >= 15 is 0 Å². The Morgan fingerprint density at radius 1 is 0.912 bits per heavy atom. The second kappa shape index (κ2) is 9.87. The Labute approximate surface area is 205 Å². The normalized spacial score (nSPS) is 18.8. The fraction of sp³-hybridized carbons (Fsp3) is 0.435. The van der Waals surface area contributed by atoms with Crippen LogP contribution in [0, 0.1) is 5.92 Å². The maximum atomic E-state index is 13.0. The Bertz CT molecular complexity index is 1130. The molecule has 0 N–H and O–H groups in total. The van der Waals surface area contributed by atoms with Crippen LogP contribution in [-0.2, 0) is 21.0 Å². The van der Waals surface area contributed by atoms with Gasteiger partial charge in [-0.2, -0.15) is 17.5 Å². The molecule has 2 heterocycles. The average Bonchev–Trinajstić information content (AvgIpc) is 2.83. The highest BCUT2D eigenvalue weighted by atomic mass is 79.9. The molecule has 1 amide bonds. The number of sulfonamides is 1. The molecular formula is C23H25BrF3N3O3S. The highest BCUT2D eigenvalue weighted by molar-refractivity contribution is 9.10. The van der Waals surface area contributed by atoms with Gasteiger partial charge in [0.1, 0.15) is 0 Å². The van der Waals surface area contributed by atoms with E-state index in [2.05, 4.69) is 15.9 Å². The predicted octanol–water partition coefficient (Wildman–Crippen LogP) is 4.22. The molecule has 2 aromatic carbocycles. The number of nitrogens with zero attached hydrogens (tertiary/aromatic N) is 3. The van der Waals surface area contributed by atoms with Gasteiger partial charge in [-0.25, -0.2) is 8.42 Å². The summed E-state index contributed by atoms with van der Waals surface area (Å²) in [5, 5.41) is 0. The highest BCUT2D eigenvalue weighted by Crippen LogP contribution is 2.32. The van der Waals surface area contributed by atoms with E-state index < -0.39 is 21.8 Å². The van der Waals surface area contributed by atoms with E-state index in [1.54, 1.807) is 35.2 Å². The molecule has 184 valence electrons. The first kappa shape index (κ1) is 25.0. The van der Waals surface area contributed by atoms with Crippen LogP contribution in [0.1, 0.15) is 18.4 Å². The molecule has 11 heteroatoms. The molecule has 0 atom stereocenters. The lowest BCUT2D eigenvalue weighted by Gasteiger charge is -2.39. The van der Waals surface area contributed by atoms with Crippen molar-refractivity contribution in [3.63, 3.8) is 0 Å². The summed E-state index contributed by atoms with van der Waals surface area (Å²) < 4.78 is 67.0. The van der Waals surface area contributed by atoms with Crippen LogP contribution in [0.15, 0.2) is 57.9 Å². The van der Waals surface area contributed by atoms with Crippen LogP contribution in [0.5, 0.6) is 0 Å². The first-order valence-corrected chi connectivity index (χ1v) is 13.3. The SMILES string of the molecule is O=C(C1CCN(S(=O)(=O)c2ccc(Br)cc2)CC1)N1CCN(c2cccc(C(F)(F)F)c2)CC1. The molecule has 0 bridgehead atoms. The number of piperidine rings is 1. The number of anilines is 1. The number of carbonyl (C=O) groups excluding carboxylic acids is 1. The van der Waals surface area contributed by atoms with Crippen molar-refractivity contribution < 1.29 is 26.4 Å². The van der Waals surface area contributed by atoms with Gasteiger partial charge >= 0.3 is 6.18 Å². The molecule has 2 saturated heterocycles. The van der Waals surface area contributed by atoms with Gasteiger partial charge < -0.3 is 9.80 Å². The average molecular weight is 560 g/mol. The molecule has 0 radical (unpaired) electrons. The Kier molecular flexibility index (Phi) is 7.25. The lowest BCUT2D eigenvalue weighted by atomic mass is 9.96. The number of amides is 1. The summed E-state index contributed by atoms with van der Waals surface area (Å²) in [6, 6.07) is 11.7. The van der Waals surface area contributed by atoms with Gasteiger partial charge in [-0.15, -0.1) is 0 Å². The molecule has 2 aliphatic heterocycles. The fourth-order valence-electron chi connectivity index (χ4n) is 4.42. The van der Waals surface area contributed by atoms with Crippen molar-refractivity contribution in [3.05, 3.63) is 58.6 Å². The maximum absolute atomic E-state index is 13.0. The largest absolute Gasteiger partial charge is 0.416 e. The number of rotatable bonds is 4. The van der Waals surface area contributed by atoms with Gasteiger partial charge in [-0.1, -0.05) is 22.0 Å². The lowest BCUT2D eigenvalue weighted by Crippen LogP contribution is -2.52. The summed E-state index contributed by atoms with van der Waals surface area (Å²) in [7, 11) is -3.60. The van der Waals surface area contributed by atoms with Crippen molar-refractivity contribution in [2.75, 3.05) is 44.2 Å². The van der Waals surface area contributed by atoms with E-state index in [0.29, 0.717) is 44.7 Å². The van der Waals surface area contributed by atoms with Crippen molar-refractivity contribution in [3.8, 4) is 0 Å². The van der Waals surface area contributed by atoms with Crippen LogP contribution in [0.2, 0.25) is 0 Å². The molecule has 4 rings (SSSR count). The Balaban J connectivity index is 1.31. The van der Waals surface area contributed by atoms with Gasteiger partial charge in [0.15, 0.2) is 0 Å². The van der Waals surface area contributed by atoms with Gasteiger partial charge in [-0.3, -0.25) is 4.79 Å². The predicted molar refractivity (Wildman–Crippen MR) is 126 cm³/mol. The van der Waals surface area contributed by atoms with Gasteiger partial charge in [0.2, 0.25) is 15.9 Å². The summed E-state index contributed by atoms with van der Waals surface area (Å²) in [6.07, 6.45) is -3.50. The number of halogens is 4. The van der Waals surface area contributed by atoms with Crippen LogP contribution < -0.4 is 4.90 Å². The first-order chi connectivity index (χ1) is 16.1. The molecule has 34 heavy (non-hydrogen) atoms. The zero-order chi connectivity index (χ0) is 24.5. The number of hydrogen-bond donors (Lipinski definition) is 0. The van der Waals surface area contributed by atoms with Crippen LogP contribution in [0.3, 0.4) is 0 Å². The number of carbonyl (C=O) groups is 1. The molecule has 0 aliphatic carbocycles. The minimum Gasteiger partial charge on any atom is -0.368 e. The van der Waals surface area contributed by atoms with E-state index in [1.165, 1.54) is 10.4 Å². The fourth-order valence-corrected chi connectivity index (χ4v) is 6.15. The van der Waals surface area contributed by atoms with E-state index in [0.717, 1.165) is 16.6 Å². The number of hydrogen-bond acceptors (Lipinski definition) is 4. The number of alkyl halides is 3. The molecule has 0 aromatic heterocycles. The third-order valence-electron chi connectivity index (χ3n) is 6.38. The van der Waals surface area contributed by atoms with Gasteiger partial charge in [-0.05, 0) is 55.3 Å². The van der Waals surface area contributed by atoms with Crippen LogP contribution >= 0.6 is 15.9 Å². The number of benzene rings is 2. The summed E-state index contributed by atoms with van der Waals surface area (Å²) in [5.74, 6) is -0.263. The topological polar surface area (TPSA) is 60.9 Å². The van der Waals surface area contributed by atoms with Crippen molar-refractivity contribution >= 4 is 37.5 Å². The minimum atomic E-state index is -4.40. The summed E-state index contributed by atoms with van der Waals surface area (Å²) in [6.45, 7) is 2.30. The third kappa shape index (κ3) is 5.41. The van der Waals surface area contributed by atoms with Gasteiger partial charge in [0.05, 0.1) is 10.5 Å². The second-order valence-electron chi connectivity index (χ2n) is 8.49. The molecule has 0 spiro atoms. The first-order valence-electron chi connectivity index (χ1n) is 11.0. The molecular weight excluding hydrogens is 535 g/mol. The lowest BCUT2D eigenvalue weighted by molar-refractivity contribution is -0.137.